The summed E-state index contributed by atoms with van der Waals surface area (Å²) in [7, 11) is 1.61. The van der Waals surface area contributed by atoms with Crippen LogP contribution < -0.4 is 17.0 Å². The maximum atomic E-state index is 12.0. The van der Waals surface area contributed by atoms with Crippen molar-refractivity contribution in [1.29, 1.82) is 0 Å². The Morgan fingerprint density at radius 1 is 1.38 bits per heavy atom. The molecule has 2 rings (SSSR count). The van der Waals surface area contributed by atoms with Gasteiger partial charge in [0.05, 0.1) is 17.6 Å². The molecule has 16 heavy (non-hydrogen) atoms. The second-order valence-corrected chi connectivity index (χ2v) is 4.25. The summed E-state index contributed by atoms with van der Waals surface area (Å²) >= 11 is 3.30. The summed E-state index contributed by atoms with van der Waals surface area (Å²) in [6, 6.07) is 5.26. The van der Waals surface area contributed by atoms with Gasteiger partial charge in [0.25, 0.3) is 5.56 Å². The van der Waals surface area contributed by atoms with Crippen molar-refractivity contribution in [3.05, 3.63) is 43.5 Å². The molecule has 0 bridgehead atoms. The van der Waals surface area contributed by atoms with E-state index in [4.69, 9.17) is 5.73 Å². The van der Waals surface area contributed by atoms with E-state index in [1.54, 1.807) is 25.2 Å². The van der Waals surface area contributed by atoms with Gasteiger partial charge >= 0.3 is 5.69 Å². The summed E-state index contributed by atoms with van der Waals surface area (Å²) in [5.41, 5.74) is 5.22. The van der Waals surface area contributed by atoms with Crippen LogP contribution in [0.4, 0.5) is 0 Å². The highest BCUT2D eigenvalue weighted by atomic mass is 79.9. The molecule has 0 saturated heterocycles. The third-order valence-electron chi connectivity index (χ3n) is 2.51. The molecule has 0 saturated carbocycles. The topological polar surface area (TPSA) is 70.0 Å². The van der Waals surface area contributed by atoms with E-state index >= 15 is 0 Å². The highest BCUT2D eigenvalue weighted by Crippen LogP contribution is 2.18. The molecule has 0 spiro atoms. The van der Waals surface area contributed by atoms with Crippen molar-refractivity contribution in [3.8, 4) is 0 Å². The summed E-state index contributed by atoms with van der Waals surface area (Å²) in [6.45, 7) is -0.122. The van der Waals surface area contributed by atoms with Gasteiger partial charge in [0.1, 0.15) is 0 Å². The lowest BCUT2D eigenvalue weighted by Gasteiger charge is -2.09. The quantitative estimate of drug-likeness (QED) is 0.823. The fourth-order valence-corrected chi connectivity index (χ4v) is 2.20. The molecule has 1 aromatic carbocycles. The Morgan fingerprint density at radius 2 is 2.06 bits per heavy atom. The summed E-state index contributed by atoms with van der Waals surface area (Å²) in [5.74, 6) is 0. The third kappa shape index (κ3) is 1.42. The smallest absolute Gasteiger partial charge is 0.313 e. The lowest BCUT2D eigenvalue weighted by Crippen LogP contribution is -2.41. The number of benzene rings is 1. The Balaban J connectivity index is 3.16. The normalized spacial score (nSPS) is 10.9. The average Bonchev–Trinajstić information content (AvgIpc) is 2.26. The molecule has 1 heterocycles. The number of nitrogens with two attached hydrogens (primary N) is 1. The Labute approximate surface area is 99.2 Å². The SMILES string of the molecule is Cn1c(=O)n(CN)c(=O)c2c(Br)cccc21. The van der Waals surface area contributed by atoms with Crippen molar-refractivity contribution in [3.63, 3.8) is 0 Å². The van der Waals surface area contributed by atoms with Crippen molar-refractivity contribution >= 4 is 26.8 Å². The fourth-order valence-electron chi connectivity index (χ4n) is 1.67. The fraction of sp³-hybridized carbons (Fsp3) is 0.200. The molecule has 6 heteroatoms. The van der Waals surface area contributed by atoms with E-state index < -0.39 is 5.69 Å². The van der Waals surface area contributed by atoms with Gasteiger partial charge in [0.2, 0.25) is 0 Å². The molecule has 0 amide bonds. The van der Waals surface area contributed by atoms with Crippen LogP contribution in [0.15, 0.2) is 32.3 Å². The van der Waals surface area contributed by atoms with Crippen LogP contribution in [0.5, 0.6) is 0 Å². The summed E-state index contributed by atoms with van der Waals surface area (Å²) in [4.78, 5) is 23.8. The van der Waals surface area contributed by atoms with Gasteiger partial charge in [0.15, 0.2) is 0 Å². The minimum absolute atomic E-state index is 0.122. The molecule has 0 unspecified atom stereocenters. The summed E-state index contributed by atoms with van der Waals surface area (Å²) in [5, 5.41) is 0.468. The number of halogens is 1. The number of aryl methyl sites for hydroxylation is 1. The molecule has 0 atom stereocenters. The first-order valence-electron chi connectivity index (χ1n) is 4.66. The molecule has 0 fully saturated rings. The predicted octanol–water partition coefficient (Wildman–Crippen LogP) is 0.379. The second kappa shape index (κ2) is 3.88. The average molecular weight is 284 g/mol. The molecular weight excluding hydrogens is 274 g/mol. The molecule has 2 N–H and O–H groups in total. The van der Waals surface area contributed by atoms with Gasteiger partial charge in [-0.15, -0.1) is 0 Å². The number of fused-ring (bicyclic) bond motifs is 1. The van der Waals surface area contributed by atoms with Crippen LogP contribution in [-0.4, -0.2) is 9.13 Å². The molecule has 0 radical (unpaired) electrons. The summed E-state index contributed by atoms with van der Waals surface area (Å²) < 4.78 is 3.08. The molecule has 2 aromatic rings. The van der Waals surface area contributed by atoms with E-state index in [-0.39, 0.29) is 12.2 Å². The third-order valence-corrected chi connectivity index (χ3v) is 3.17. The summed E-state index contributed by atoms with van der Waals surface area (Å²) in [6.07, 6.45) is 0. The molecule has 1 aromatic heterocycles. The second-order valence-electron chi connectivity index (χ2n) is 3.39. The van der Waals surface area contributed by atoms with Crippen molar-refractivity contribution < 1.29 is 0 Å². The Hall–Kier alpha value is -1.40. The van der Waals surface area contributed by atoms with E-state index in [0.29, 0.717) is 15.4 Å². The first-order valence-corrected chi connectivity index (χ1v) is 5.45. The van der Waals surface area contributed by atoms with Gasteiger partial charge in [-0.1, -0.05) is 6.07 Å². The van der Waals surface area contributed by atoms with Crippen molar-refractivity contribution in [2.45, 2.75) is 6.67 Å². The van der Waals surface area contributed by atoms with E-state index in [9.17, 15) is 9.59 Å². The molecule has 0 aliphatic carbocycles. The minimum Gasteiger partial charge on any atom is -0.313 e. The molecule has 0 aliphatic rings. The van der Waals surface area contributed by atoms with Crippen LogP contribution in [0, 0.1) is 0 Å². The monoisotopic (exact) mass is 283 g/mol. The Morgan fingerprint density at radius 3 is 2.69 bits per heavy atom. The highest BCUT2D eigenvalue weighted by Gasteiger charge is 2.11. The number of aromatic nitrogens is 2. The molecule has 84 valence electrons. The van der Waals surface area contributed by atoms with Crippen LogP contribution in [0.2, 0.25) is 0 Å². The van der Waals surface area contributed by atoms with Gasteiger partial charge in [-0.3, -0.25) is 9.36 Å². The number of nitrogens with zero attached hydrogens (tertiary/aromatic N) is 2. The van der Waals surface area contributed by atoms with Crippen LogP contribution >= 0.6 is 15.9 Å². The standard InChI is InChI=1S/C10H10BrN3O2/c1-13-7-4-2-3-6(11)8(7)9(15)14(5-12)10(13)16/h2-4H,5,12H2,1H3. The van der Waals surface area contributed by atoms with Gasteiger partial charge in [-0.25, -0.2) is 9.36 Å². The first-order chi connectivity index (χ1) is 7.57. The predicted molar refractivity (Wildman–Crippen MR) is 65.3 cm³/mol. The number of hydrogen-bond acceptors (Lipinski definition) is 3. The molecular formula is C10H10BrN3O2. The van der Waals surface area contributed by atoms with Crippen molar-refractivity contribution in [2.75, 3.05) is 0 Å². The Bertz CT molecular complexity index is 672. The van der Waals surface area contributed by atoms with Crippen LogP contribution in [0.25, 0.3) is 10.9 Å². The maximum Gasteiger partial charge on any atom is 0.332 e. The van der Waals surface area contributed by atoms with Crippen molar-refractivity contribution in [2.24, 2.45) is 12.8 Å². The zero-order valence-corrected chi connectivity index (χ0v) is 10.2. The van der Waals surface area contributed by atoms with Gasteiger partial charge in [0, 0.05) is 11.5 Å². The lowest BCUT2D eigenvalue weighted by molar-refractivity contribution is 0.623. The van der Waals surface area contributed by atoms with E-state index in [2.05, 4.69) is 15.9 Å². The zero-order valence-electron chi connectivity index (χ0n) is 8.61. The van der Waals surface area contributed by atoms with Crippen LogP contribution in [0.3, 0.4) is 0 Å². The number of hydrogen-bond donors (Lipinski definition) is 1. The van der Waals surface area contributed by atoms with Gasteiger partial charge in [-0.05, 0) is 28.1 Å². The highest BCUT2D eigenvalue weighted by molar-refractivity contribution is 9.10. The zero-order chi connectivity index (χ0) is 11.9. The van der Waals surface area contributed by atoms with E-state index in [1.165, 1.54) is 4.57 Å². The van der Waals surface area contributed by atoms with E-state index in [1.807, 2.05) is 0 Å². The van der Waals surface area contributed by atoms with Gasteiger partial charge < -0.3 is 5.73 Å². The Kier molecular flexibility index (Phi) is 2.69. The van der Waals surface area contributed by atoms with Gasteiger partial charge in [-0.2, -0.15) is 0 Å². The first kappa shape index (κ1) is 11.1. The lowest BCUT2D eigenvalue weighted by atomic mass is 10.2. The van der Waals surface area contributed by atoms with E-state index in [0.717, 1.165) is 4.57 Å². The number of rotatable bonds is 1. The maximum absolute atomic E-state index is 12.0. The minimum atomic E-state index is -0.405. The van der Waals surface area contributed by atoms with Crippen molar-refractivity contribution in [1.82, 2.24) is 9.13 Å². The molecule has 5 nitrogen and oxygen atoms in total. The largest absolute Gasteiger partial charge is 0.332 e. The van der Waals surface area contributed by atoms with Crippen LogP contribution in [0.1, 0.15) is 0 Å². The molecule has 0 aliphatic heterocycles. The van der Waals surface area contributed by atoms with Crippen LogP contribution in [-0.2, 0) is 13.7 Å².